The molecule has 0 spiro atoms. The van der Waals surface area contributed by atoms with Crippen LogP contribution in [0.25, 0.3) is 0 Å². The second kappa shape index (κ2) is 4.93. The number of halogens is 6. The maximum atomic E-state index is 15.2. The van der Waals surface area contributed by atoms with Crippen molar-refractivity contribution in [3.05, 3.63) is 22.8 Å². The Morgan fingerprint density at radius 1 is 0.731 bits per heavy atom. The summed E-state index contributed by atoms with van der Waals surface area (Å²) in [4.78, 5) is 24.0. The van der Waals surface area contributed by atoms with Gasteiger partial charge >= 0.3 is 11.3 Å². The van der Waals surface area contributed by atoms with E-state index >= 15 is 4.39 Å². The van der Waals surface area contributed by atoms with Crippen molar-refractivity contribution in [2.75, 3.05) is 0 Å². The van der Waals surface area contributed by atoms with E-state index < -0.39 is 57.0 Å². The normalized spacial score (nSPS) is 39.5. The number of allylic oxidation sites excluding steroid dienone is 4. The molecule has 26 heavy (non-hydrogen) atoms. The van der Waals surface area contributed by atoms with Gasteiger partial charge in [-0.3, -0.25) is 9.59 Å². The molecule has 0 radical (unpaired) electrons. The van der Waals surface area contributed by atoms with Crippen molar-refractivity contribution in [2.45, 2.75) is 22.7 Å². The molecule has 0 aromatic rings. The number of hydrogen-bond acceptors (Lipinski definition) is 6. The number of carbonyl (C=O) groups excluding carboxylic acids is 2. The van der Waals surface area contributed by atoms with Crippen LogP contribution >= 0.6 is 0 Å². The van der Waals surface area contributed by atoms with E-state index in [1.165, 1.54) is 0 Å². The third-order valence-corrected chi connectivity index (χ3v) is 4.01. The third-order valence-electron chi connectivity index (χ3n) is 4.01. The van der Waals surface area contributed by atoms with Gasteiger partial charge in [-0.05, 0) is 0 Å². The van der Waals surface area contributed by atoms with Crippen LogP contribution < -0.4 is 0 Å². The number of rotatable bonds is 0. The van der Waals surface area contributed by atoms with Gasteiger partial charge in [0.05, 0.1) is 5.57 Å². The first-order chi connectivity index (χ1) is 11.9. The summed E-state index contributed by atoms with van der Waals surface area (Å²) in [6.07, 6.45) is 0. The number of ketones is 2. The van der Waals surface area contributed by atoms with Gasteiger partial charge in [-0.2, -0.15) is 21.0 Å². The predicted molar refractivity (Wildman–Crippen MR) is 64.1 cm³/mol. The molecule has 130 valence electrons. The second-order valence-corrected chi connectivity index (χ2v) is 5.12. The zero-order chi connectivity index (χ0) is 20.3. The first kappa shape index (κ1) is 18.7. The maximum absolute atomic E-state index is 15.2. The van der Waals surface area contributed by atoms with Crippen LogP contribution in [-0.2, 0) is 9.59 Å². The van der Waals surface area contributed by atoms with E-state index in [2.05, 4.69) is 0 Å². The smallest absolute Gasteiger partial charge is 0.290 e. The molecule has 4 unspecified atom stereocenters. The highest BCUT2D eigenvalue weighted by molar-refractivity contribution is 6.24. The number of nitriles is 4. The SMILES string of the molecule is N#CC1=C(F)C(F)=C2C(=O)C(F)(C#N)C(F)(C#N)C(=O)C2(F)C1(F)C#N. The quantitative estimate of drug-likeness (QED) is 0.595. The van der Waals surface area contributed by atoms with E-state index in [-0.39, 0.29) is 12.1 Å². The van der Waals surface area contributed by atoms with E-state index in [9.17, 15) is 31.5 Å². The number of fused-ring (bicyclic) bond motifs is 1. The molecule has 0 saturated heterocycles. The monoisotopic (exact) mass is 370 g/mol. The Hall–Kier alpha value is -3.64. The van der Waals surface area contributed by atoms with Crippen LogP contribution in [-0.4, -0.2) is 34.2 Å². The minimum Gasteiger partial charge on any atom is -0.290 e. The topological polar surface area (TPSA) is 129 Å². The summed E-state index contributed by atoms with van der Waals surface area (Å²) >= 11 is 0. The molecule has 2 aliphatic carbocycles. The number of Topliss-reactive ketones (excluding diaryl/α,β-unsaturated/α-hetero) is 2. The molecule has 0 aliphatic heterocycles. The van der Waals surface area contributed by atoms with Gasteiger partial charge in [-0.1, -0.05) is 0 Å². The molecule has 2 rings (SSSR count). The molecule has 0 aromatic carbocycles. The average molecular weight is 370 g/mol. The minimum absolute atomic E-state index is 0.193. The molecule has 1 fully saturated rings. The zero-order valence-electron chi connectivity index (χ0n) is 11.9. The van der Waals surface area contributed by atoms with Gasteiger partial charge in [-0.25, -0.2) is 26.3 Å². The molecular weight excluding hydrogens is 370 g/mol. The molecule has 12 heteroatoms. The summed E-state index contributed by atoms with van der Waals surface area (Å²) in [5.41, 5.74) is -24.7. The molecule has 0 amide bonds. The number of hydrogen-bond donors (Lipinski definition) is 0. The minimum atomic E-state index is -5.10. The number of carbonyl (C=O) groups is 2. The van der Waals surface area contributed by atoms with E-state index in [0.717, 1.165) is 0 Å². The maximum Gasteiger partial charge on any atom is 0.311 e. The van der Waals surface area contributed by atoms with Crippen molar-refractivity contribution in [1.29, 1.82) is 21.0 Å². The van der Waals surface area contributed by atoms with Crippen molar-refractivity contribution in [3.63, 3.8) is 0 Å². The highest BCUT2D eigenvalue weighted by Gasteiger charge is 2.84. The lowest BCUT2D eigenvalue weighted by Crippen LogP contribution is -2.74. The lowest BCUT2D eigenvalue weighted by molar-refractivity contribution is -0.162. The van der Waals surface area contributed by atoms with Gasteiger partial charge < -0.3 is 0 Å². The van der Waals surface area contributed by atoms with Crippen LogP contribution in [0.1, 0.15) is 0 Å². The van der Waals surface area contributed by atoms with E-state index in [4.69, 9.17) is 21.0 Å². The molecule has 4 atom stereocenters. The standard InChI is InChI=1S/C14F6N4O2/c15-7-5(1-21)11(17,2-22)14(20)6(8(7)16)9(25)12(18,3-23)13(19,4-24)10(14)26. The van der Waals surface area contributed by atoms with Crippen LogP contribution in [0.5, 0.6) is 0 Å². The summed E-state index contributed by atoms with van der Waals surface area (Å²) < 4.78 is 87.0. The van der Waals surface area contributed by atoms with Crippen molar-refractivity contribution >= 4 is 11.6 Å². The Balaban J connectivity index is 3.15. The van der Waals surface area contributed by atoms with Crippen molar-refractivity contribution in [3.8, 4) is 24.3 Å². The highest BCUT2D eigenvalue weighted by Crippen LogP contribution is 2.58. The Morgan fingerprint density at radius 2 is 1.19 bits per heavy atom. The Bertz CT molecular complexity index is 1020. The summed E-state index contributed by atoms with van der Waals surface area (Å²) in [5, 5.41) is 34.8. The van der Waals surface area contributed by atoms with Crippen molar-refractivity contribution in [2.24, 2.45) is 0 Å². The van der Waals surface area contributed by atoms with Crippen LogP contribution in [0.2, 0.25) is 0 Å². The Kier molecular flexibility index (Phi) is 3.55. The fourth-order valence-corrected chi connectivity index (χ4v) is 2.63. The second-order valence-electron chi connectivity index (χ2n) is 5.12. The van der Waals surface area contributed by atoms with Gasteiger partial charge in [0.25, 0.3) is 11.3 Å². The van der Waals surface area contributed by atoms with Crippen LogP contribution in [0, 0.1) is 45.3 Å². The van der Waals surface area contributed by atoms with Gasteiger partial charge in [0.15, 0.2) is 11.7 Å². The summed E-state index contributed by atoms with van der Waals surface area (Å²) in [7, 11) is 0. The molecule has 0 aromatic heterocycles. The van der Waals surface area contributed by atoms with Crippen LogP contribution in [0.4, 0.5) is 26.3 Å². The van der Waals surface area contributed by atoms with Crippen molar-refractivity contribution in [1.82, 2.24) is 0 Å². The number of alkyl halides is 4. The van der Waals surface area contributed by atoms with Gasteiger partial charge in [0.2, 0.25) is 11.6 Å². The van der Waals surface area contributed by atoms with Crippen molar-refractivity contribution < 1.29 is 35.9 Å². The predicted octanol–water partition coefficient (Wildman–Crippen LogP) is 1.53. The molecule has 6 nitrogen and oxygen atoms in total. The van der Waals surface area contributed by atoms with E-state index in [0.29, 0.717) is 12.1 Å². The lowest BCUT2D eigenvalue weighted by Gasteiger charge is -2.44. The summed E-state index contributed by atoms with van der Waals surface area (Å²) in [5.74, 6) is -11.5. The zero-order valence-corrected chi connectivity index (χ0v) is 11.9. The average Bonchev–Trinajstić information content (AvgIpc) is 2.63. The highest BCUT2D eigenvalue weighted by atomic mass is 19.2. The van der Waals surface area contributed by atoms with Gasteiger partial charge in [-0.15, -0.1) is 0 Å². The molecule has 0 N–H and O–H groups in total. The van der Waals surface area contributed by atoms with E-state index in [1.807, 2.05) is 0 Å². The van der Waals surface area contributed by atoms with Crippen LogP contribution in [0.15, 0.2) is 22.8 Å². The fourth-order valence-electron chi connectivity index (χ4n) is 2.63. The van der Waals surface area contributed by atoms with E-state index in [1.54, 1.807) is 0 Å². The van der Waals surface area contributed by atoms with Gasteiger partial charge in [0, 0.05) is 0 Å². The molecule has 1 saturated carbocycles. The molecule has 0 bridgehead atoms. The number of nitrogens with zero attached hydrogens (tertiary/aromatic N) is 4. The Morgan fingerprint density at radius 3 is 1.58 bits per heavy atom. The van der Waals surface area contributed by atoms with Gasteiger partial charge in [0.1, 0.15) is 29.8 Å². The van der Waals surface area contributed by atoms with Crippen LogP contribution in [0.3, 0.4) is 0 Å². The Labute approximate surface area is 139 Å². The lowest BCUT2D eigenvalue weighted by atomic mass is 9.57. The third kappa shape index (κ3) is 1.50. The summed E-state index contributed by atoms with van der Waals surface area (Å²) in [6, 6.07) is 1.32. The largest absolute Gasteiger partial charge is 0.311 e. The first-order valence-electron chi connectivity index (χ1n) is 6.19. The molecular formula is C14F6N4O2. The molecule has 2 aliphatic rings. The fraction of sp³-hybridized carbons (Fsp3) is 0.286. The first-order valence-corrected chi connectivity index (χ1v) is 6.19. The molecule has 0 heterocycles. The summed E-state index contributed by atoms with van der Waals surface area (Å²) in [6.45, 7) is 0.